The van der Waals surface area contributed by atoms with E-state index in [1.165, 1.54) is 10.8 Å². The van der Waals surface area contributed by atoms with Crippen LogP contribution in [-0.2, 0) is 16.1 Å². The summed E-state index contributed by atoms with van der Waals surface area (Å²) < 4.78 is 7.51. The zero-order valence-corrected chi connectivity index (χ0v) is 11.8. The number of nitrogens with one attached hydrogen (secondary N) is 1. The lowest BCUT2D eigenvalue weighted by Crippen LogP contribution is -2.16. The fraction of sp³-hybridized carbons (Fsp3) is 0.333. The van der Waals surface area contributed by atoms with Gasteiger partial charge in [-0.2, -0.15) is 0 Å². The van der Waals surface area contributed by atoms with Crippen LogP contribution in [0.2, 0.25) is 0 Å². The molecule has 0 aliphatic rings. The maximum absolute atomic E-state index is 11.3. The number of carbonyl (C=O) groups excluding carboxylic acids is 1. The van der Waals surface area contributed by atoms with Gasteiger partial charge in [0.15, 0.2) is 0 Å². The molecule has 0 aromatic heterocycles. The van der Waals surface area contributed by atoms with Crippen LogP contribution in [0.15, 0.2) is 30.3 Å². The van der Waals surface area contributed by atoms with Gasteiger partial charge in [-0.25, -0.2) is 4.79 Å². The summed E-state index contributed by atoms with van der Waals surface area (Å²) in [7, 11) is 2.53. The molecule has 1 aromatic rings. The van der Waals surface area contributed by atoms with Crippen molar-refractivity contribution in [3.8, 4) is 0 Å². The molecule has 0 atom stereocenters. The van der Waals surface area contributed by atoms with E-state index in [4.69, 9.17) is 9.84 Å². The number of ether oxygens (including phenoxy) is 1. The van der Waals surface area contributed by atoms with Crippen LogP contribution in [0, 0.1) is 0 Å². The number of benzene rings is 1. The Bertz CT molecular complexity index is 400. The third-order valence-electron chi connectivity index (χ3n) is 2.01. The summed E-state index contributed by atoms with van der Waals surface area (Å²) in [5.74, 6) is -0.142. The molecular weight excluding hydrogens is 286 g/mol. The standard InChI is InChI=1S/C12H15NO4S2/c14-11(15)7-4-8-18-19-13-12(16)17-9-10-5-2-1-3-6-10/h1-3,5-6H,4,7-9H2,(H,13,16)(H,14,15). The lowest BCUT2D eigenvalue weighted by Gasteiger charge is -2.05. The molecule has 19 heavy (non-hydrogen) atoms. The summed E-state index contributed by atoms with van der Waals surface area (Å²) in [6.07, 6.45) is 0.222. The zero-order chi connectivity index (χ0) is 13.9. The van der Waals surface area contributed by atoms with Crippen LogP contribution in [0.25, 0.3) is 0 Å². The molecule has 0 heterocycles. The number of amides is 1. The second-order valence-electron chi connectivity index (χ2n) is 3.57. The highest BCUT2D eigenvalue weighted by atomic mass is 33.1. The molecule has 5 nitrogen and oxygen atoms in total. The second kappa shape index (κ2) is 9.57. The first-order valence-electron chi connectivity index (χ1n) is 5.65. The molecular formula is C12H15NO4S2. The average Bonchev–Trinajstić information content (AvgIpc) is 2.41. The molecule has 1 amide bonds. The Morgan fingerprint density at radius 2 is 2.00 bits per heavy atom. The quantitative estimate of drug-likeness (QED) is 0.436. The zero-order valence-electron chi connectivity index (χ0n) is 10.2. The fourth-order valence-corrected chi connectivity index (χ4v) is 2.66. The van der Waals surface area contributed by atoms with Crippen LogP contribution in [0.1, 0.15) is 18.4 Å². The first-order valence-corrected chi connectivity index (χ1v) is 7.97. The number of carbonyl (C=O) groups is 2. The van der Waals surface area contributed by atoms with Crippen molar-refractivity contribution in [1.82, 2.24) is 4.72 Å². The monoisotopic (exact) mass is 301 g/mol. The van der Waals surface area contributed by atoms with E-state index >= 15 is 0 Å². The molecule has 104 valence electrons. The number of rotatable bonds is 8. The van der Waals surface area contributed by atoms with E-state index in [0.717, 1.165) is 16.5 Å². The lowest BCUT2D eigenvalue weighted by atomic mass is 10.2. The van der Waals surface area contributed by atoms with Crippen LogP contribution in [0.3, 0.4) is 0 Å². The van der Waals surface area contributed by atoms with E-state index in [2.05, 4.69) is 4.72 Å². The van der Waals surface area contributed by atoms with Gasteiger partial charge in [-0.05, 0) is 12.0 Å². The number of carboxylic acid groups (broad SMARTS) is 1. The van der Waals surface area contributed by atoms with Crippen molar-refractivity contribution < 1.29 is 19.4 Å². The molecule has 0 unspecified atom stereocenters. The SMILES string of the molecule is O=C(O)CCCSSNC(=O)OCc1ccccc1. The molecule has 0 spiro atoms. The van der Waals surface area contributed by atoms with Crippen LogP contribution < -0.4 is 4.72 Å². The molecule has 7 heteroatoms. The van der Waals surface area contributed by atoms with E-state index in [1.54, 1.807) is 0 Å². The highest BCUT2D eigenvalue weighted by molar-refractivity contribution is 8.76. The van der Waals surface area contributed by atoms with Crippen molar-refractivity contribution >= 4 is 33.8 Å². The van der Waals surface area contributed by atoms with Crippen molar-refractivity contribution in [2.75, 3.05) is 5.75 Å². The van der Waals surface area contributed by atoms with Crippen molar-refractivity contribution in [2.24, 2.45) is 0 Å². The largest absolute Gasteiger partial charge is 0.481 e. The summed E-state index contributed by atoms with van der Waals surface area (Å²) in [6, 6.07) is 9.41. The Balaban J connectivity index is 2.01. The normalized spacial score (nSPS) is 9.89. The minimum absolute atomic E-state index is 0.145. The molecule has 0 aliphatic carbocycles. The molecule has 0 bridgehead atoms. The molecule has 0 radical (unpaired) electrons. The fourth-order valence-electron chi connectivity index (χ4n) is 1.14. The van der Waals surface area contributed by atoms with Crippen molar-refractivity contribution in [3.63, 3.8) is 0 Å². The van der Waals surface area contributed by atoms with Crippen LogP contribution >= 0.6 is 21.8 Å². The molecule has 0 saturated carbocycles. The minimum atomic E-state index is -0.805. The van der Waals surface area contributed by atoms with Gasteiger partial charge in [-0.1, -0.05) is 41.1 Å². The van der Waals surface area contributed by atoms with Crippen LogP contribution in [-0.4, -0.2) is 22.9 Å². The molecule has 0 aliphatic heterocycles. The number of hydrogen-bond donors (Lipinski definition) is 2. The van der Waals surface area contributed by atoms with Gasteiger partial charge in [0, 0.05) is 23.2 Å². The average molecular weight is 301 g/mol. The second-order valence-corrected chi connectivity index (χ2v) is 5.79. The maximum Gasteiger partial charge on any atom is 0.418 e. The van der Waals surface area contributed by atoms with Gasteiger partial charge in [0.2, 0.25) is 0 Å². The van der Waals surface area contributed by atoms with Gasteiger partial charge in [0.05, 0.1) is 0 Å². The highest BCUT2D eigenvalue weighted by Crippen LogP contribution is 2.19. The Morgan fingerprint density at radius 3 is 2.68 bits per heavy atom. The topological polar surface area (TPSA) is 75.6 Å². The van der Waals surface area contributed by atoms with E-state index < -0.39 is 12.1 Å². The molecule has 1 aromatic carbocycles. The Hall–Kier alpha value is -1.34. The van der Waals surface area contributed by atoms with Gasteiger partial charge in [0.1, 0.15) is 6.61 Å². The third-order valence-corrected chi connectivity index (χ3v) is 3.94. The summed E-state index contributed by atoms with van der Waals surface area (Å²) >= 11 is 0. The minimum Gasteiger partial charge on any atom is -0.481 e. The van der Waals surface area contributed by atoms with E-state index in [9.17, 15) is 9.59 Å². The Morgan fingerprint density at radius 1 is 1.26 bits per heavy atom. The maximum atomic E-state index is 11.3. The first-order chi connectivity index (χ1) is 9.18. The molecule has 0 fully saturated rings. The van der Waals surface area contributed by atoms with Crippen molar-refractivity contribution in [2.45, 2.75) is 19.4 Å². The first kappa shape index (κ1) is 15.7. The molecule has 0 saturated heterocycles. The van der Waals surface area contributed by atoms with Gasteiger partial charge in [-0.15, -0.1) is 0 Å². The van der Waals surface area contributed by atoms with Gasteiger partial charge < -0.3 is 9.84 Å². The van der Waals surface area contributed by atoms with Gasteiger partial charge >= 0.3 is 12.1 Å². The number of hydrogen-bond acceptors (Lipinski definition) is 5. The summed E-state index contributed by atoms with van der Waals surface area (Å²) in [5.41, 5.74) is 0.928. The molecule has 1 rings (SSSR count). The van der Waals surface area contributed by atoms with Gasteiger partial charge in [0.25, 0.3) is 0 Å². The van der Waals surface area contributed by atoms with E-state index in [1.807, 2.05) is 30.3 Å². The summed E-state index contributed by atoms with van der Waals surface area (Å²) in [4.78, 5) is 21.6. The van der Waals surface area contributed by atoms with Gasteiger partial charge in [-0.3, -0.25) is 9.52 Å². The Kier molecular flexibility index (Phi) is 7.92. The van der Waals surface area contributed by atoms with E-state index in [-0.39, 0.29) is 13.0 Å². The Labute approximate surface area is 119 Å². The predicted octanol–water partition coefficient (Wildman–Crippen LogP) is 3.07. The van der Waals surface area contributed by atoms with Crippen molar-refractivity contribution in [3.05, 3.63) is 35.9 Å². The van der Waals surface area contributed by atoms with Crippen molar-refractivity contribution in [1.29, 1.82) is 0 Å². The van der Waals surface area contributed by atoms with E-state index in [0.29, 0.717) is 12.2 Å². The predicted molar refractivity (Wildman–Crippen MR) is 76.7 cm³/mol. The highest BCUT2D eigenvalue weighted by Gasteiger charge is 2.03. The number of aliphatic carboxylic acids is 1. The number of carboxylic acids is 1. The smallest absolute Gasteiger partial charge is 0.418 e. The lowest BCUT2D eigenvalue weighted by molar-refractivity contribution is -0.137. The summed E-state index contributed by atoms with van der Waals surface area (Å²) in [6.45, 7) is 0.233. The summed E-state index contributed by atoms with van der Waals surface area (Å²) in [5, 5.41) is 8.43. The van der Waals surface area contributed by atoms with Crippen LogP contribution in [0.4, 0.5) is 4.79 Å². The van der Waals surface area contributed by atoms with Crippen LogP contribution in [0.5, 0.6) is 0 Å². The molecule has 2 N–H and O–H groups in total. The third kappa shape index (κ3) is 8.39.